The van der Waals surface area contributed by atoms with Crippen molar-refractivity contribution < 1.29 is 17.9 Å². The number of thiophene rings is 1. The molecule has 1 aromatic heterocycles. The summed E-state index contributed by atoms with van der Waals surface area (Å²) >= 11 is 6.69. The van der Waals surface area contributed by atoms with Crippen LogP contribution in [0, 0.1) is 5.92 Å². The Morgan fingerprint density at radius 2 is 1.90 bits per heavy atom. The third kappa shape index (κ3) is 5.58. The molecule has 1 atom stereocenters. The van der Waals surface area contributed by atoms with Crippen molar-refractivity contribution in [3.8, 4) is 0 Å². The molecule has 0 aliphatic heterocycles. The third-order valence-corrected chi connectivity index (χ3v) is 5.59. The summed E-state index contributed by atoms with van der Waals surface area (Å²) in [6, 6.07) is 1.95. The van der Waals surface area contributed by atoms with Crippen LogP contribution in [0.15, 0.2) is 16.3 Å². The van der Waals surface area contributed by atoms with Crippen LogP contribution in [0.25, 0.3) is 0 Å². The van der Waals surface area contributed by atoms with Gasteiger partial charge in [0.25, 0.3) is 10.0 Å². The van der Waals surface area contributed by atoms with E-state index < -0.39 is 27.6 Å². The lowest BCUT2D eigenvalue weighted by Crippen LogP contribution is -2.47. The van der Waals surface area contributed by atoms with Crippen LogP contribution >= 0.6 is 22.9 Å². The number of rotatable bonds is 5. The van der Waals surface area contributed by atoms with Crippen LogP contribution in [0.4, 0.5) is 0 Å². The third-order valence-electron chi connectivity index (χ3n) is 2.42. The van der Waals surface area contributed by atoms with Gasteiger partial charge in [-0.1, -0.05) is 25.4 Å². The molecular weight excluding hydrogens is 334 g/mol. The van der Waals surface area contributed by atoms with Crippen LogP contribution in [0.5, 0.6) is 0 Å². The van der Waals surface area contributed by atoms with E-state index in [9.17, 15) is 13.2 Å². The molecule has 0 radical (unpaired) electrons. The second-order valence-electron chi connectivity index (χ2n) is 5.93. The van der Waals surface area contributed by atoms with Gasteiger partial charge in [-0.3, -0.25) is 4.79 Å². The van der Waals surface area contributed by atoms with Gasteiger partial charge in [0, 0.05) is 0 Å². The minimum atomic E-state index is -3.80. The predicted molar refractivity (Wildman–Crippen MR) is 84.1 cm³/mol. The molecule has 0 fully saturated rings. The average Bonchev–Trinajstić information content (AvgIpc) is 2.70. The average molecular weight is 354 g/mol. The van der Waals surface area contributed by atoms with Gasteiger partial charge < -0.3 is 4.74 Å². The molecule has 1 aromatic rings. The summed E-state index contributed by atoms with van der Waals surface area (Å²) in [5.74, 6) is -0.839. The summed E-state index contributed by atoms with van der Waals surface area (Å²) in [6.45, 7) is 8.69. The lowest BCUT2D eigenvalue weighted by molar-refractivity contribution is -0.158. The van der Waals surface area contributed by atoms with Crippen LogP contribution in [-0.4, -0.2) is 26.0 Å². The minimum absolute atomic E-state index is 0.0710. The molecule has 0 saturated heterocycles. The highest BCUT2D eigenvalue weighted by molar-refractivity contribution is 7.91. The number of sulfonamides is 1. The smallest absolute Gasteiger partial charge is 0.324 e. The quantitative estimate of drug-likeness (QED) is 0.826. The molecule has 1 N–H and O–H groups in total. The van der Waals surface area contributed by atoms with Gasteiger partial charge in [0.05, 0.1) is 4.34 Å². The summed E-state index contributed by atoms with van der Waals surface area (Å²) < 4.78 is 32.6. The fraction of sp³-hybridized carbons (Fsp3) is 0.615. The molecule has 0 aliphatic carbocycles. The first-order valence-corrected chi connectivity index (χ1v) is 9.10. The highest BCUT2D eigenvalue weighted by atomic mass is 35.5. The summed E-state index contributed by atoms with van der Waals surface area (Å²) in [4.78, 5) is 12.1. The molecule has 21 heavy (non-hydrogen) atoms. The number of hydrogen-bond donors (Lipinski definition) is 1. The molecule has 8 heteroatoms. The lowest BCUT2D eigenvalue weighted by atomic mass is 10.1. The van der Waals surface area contributed by atoms with Crippen molar-refractivity contribution >= 4 is 38.9 Å². The van der Waals surface area contributed by atoms with Crippen LogP contribution in [0.1, 0.15) is 34.6 Å². The van der Waals surface area contributed by atoms with Gasteiger partial charge in [0.15, 0.2) is 0 Å². The van der Waals surface area contributed by atoms with E-state index in [1.54, 1.807) is 34.6 Å². The molecular formula is C13H20ClNO4S2. The Morgan fingerprint density at radius 3 is 2.29 bits per heavy atom. The summed E-state index contributed by atoms with van der Waals surface area (Å²) in [7, 11) is -3.80. The van der Waals surface area contributed by atoms with Gasteiger partial charge in [0.1, 0.15) is 15.9 Å². The fourth-order valence-electron chi connectivity index (χ4n) is 1.49. The Labute approximate surface area is 134 Å². The topological polar surface area (TPSA) is 72.5 Å². The molecule has 5 nitrogen and oxygen atoms in total. The molecule has 0 unspecified atom stereocenters. The first-order valence-electron chi connectivity index (χ1n) is 6.43. The summed E-state index contributed by atoms with van der Waals surface area (Å²) in [6.07, 6.45) is 0. The van der Waals surface area contributed by atoms with E-state index in [2.05, 4.69) is 4.72 Å². The molecule has 0 amide bonds. The SMILES string of the molecule is CC(C)[C@@H](NS(=O)(=O)c1ccc(Cl)s1)C(=O)OC(C)(C)C. The fourth-order valence-corrected chi connectivity index (χ4v) is 4.32. The van der Waals surface area contributed by atoms with E-state index >= 15 is 0 Å². The van der Waals surface area contributed by atoms with E-state index in [4.69, 9.17) is 16.3 Å². The summed E-state index contributed by atoms with van der Waals surface area (Å²) in [5, 5.41) is 0. The highest BCUT2D eigenvalue weighted by Crippen LogP contribution is 2.26. The second-order valence-corrected chi connectivity index (χ2v) is 9.59. The van der Waals surface area contributed by atoms with E-state index in [0.717, 1.165) is 11.3 Å². The van der Waals surface area contributed by atoms with E-state index in [-0.39, 0.29) is 10.1 Å². The Bertz CT molecular complexity index is 602. The normalized spacial score (nSPS) is 14.2. The number of esters is 1. The molecule has 1 rings (SSSR count). The standard InChI is InChI=1S/C13H20ClNO4S2/c1-8(2)11(12(16)19-13(3,4)5)15-21(17,18)10-7-6-9(14)20-10/h6-8,11,15H,1-5H3/t11-/m1/s1. The maximum atomic E-state index is 12.3. The van der Waals surface area contributed by atoms with Crippen LogP contribution in [0.2, 0.25) is 4.34 Å². The maximum absolute atomic E-state index is 12.3. The van der Waals surface area contributed by atoms with Crippen LogP contribution in [-0.2, 0) is 19.6 Å². The first-order chi connectivity index (χ1) is 9.42. The van der Waals surface area contributed by atoms with Crippen molar-refractivity contribution in [2.45, 2.75) is 50.5 Å². The van der Waals surface area contributed by atoms with Gasteiger partial charge in [-0.2, -0.15) is 4.72 Å². The van der Waals surface area contributed by atoms with Crippen molar-refractivity contribution in [2.75, 3.05) is 0 Å². The van der Waals surface area contributed by atoms with Gasteiger partial charge in [-0.05, 0) is 38.8 Å². The number of ether oxygens (including phenoxy) is 1. The van der Waals surface area contributed by atoms with Gasteiger partial charge in [0.2, 0.25) is 0 Å². The lowest BCUT2D eigenvalue weighted by Gasteiger charge is -2.26. The zero-order valence-corrected chi connectivity index (χ0v) is 15.0. The zero-order valence-electron chi connectivity index (χ0n) is 12.6. The van der Waals surface area contributed by atoms with Crippen LogP contribution < -0.4 is 4.72 Å². The number of halogens is 1. The van der Waals surface area contributed by atoms with E-state index in [0.29, 0.717) is 4.34 Å². The largest absolute Gasteiger partial charge is 0.459 e. The Morgan fingerprint density at radius 1 is 1.33 bits per heavy atom. The monoisotopic (exact) mass is 353 g/mol. The zero-order chi connectivity index (χ0) is 16.4. The van der Waals surface area contributed by atoms with E-state index in [1.165, 1.54) is 12.1 Å². The number of carbonyl (C=O) groups excluding carboxylic acids is 1. The van der Waals surface area contributed by atoms with Crippen molar-refractivity contribution in [3.63, 3.8) is 0 Å². The van der Waals surface area contributed by atoms with Crippen molar-refractivity contribution in [2.24, 2.45) is 5.92 Å². The highest BCUT2D eigenvalue weighted by Gasteiger charge is 2.32. The van der Waals surface area contributed by atoms with E-state index in [1.807, 2.05) is 0 Å². The van der Waals surface area contributed by atoms with Gasteiger partial charge >= 0.3 is 5.97 Å². The Kier molecular flexibility index (Phi) is 5.83. The van der Waals surface area contributed by atoms with Gasteiger partial charge in [-0.25, -0.2) is 8.42 Å². The molecule has 0 aromatic carbocycles. The van der Waals surface area contributed by atoms with Gasteiger partial charge in [-0.15, -0.1) is 11.3 Å². The summed E-state index contributed by atoms with van der Waals surface area (Å²) in [5.41, 5.74) is -0.679. The van der Waals surface area contributed by atoms with Crippen LogP contribution in [0.3, 0.4) is 0 Å². The Balaban J connectivity index is 2.96. The number of hydrogen-bond acceptors (Lipinski definition) is 5. The molecule has 0 saturated carbocycles. The number of carbonyl (C=O) groups is 1. The molecule has 120 valence electrons. The maximum Gasteiger partial charge on any atom is 0.324 e. The molecule has 0 bridgehead atoms. The Hall–Kier alpha value is -0.630. The molecule has 1 heterocycles. The molecule has 0 aliphatic rings. The van der Waals surface area contributed by atoms with Crippen molar-refractivity contribution in [3.05, 3.63) is 16.5 Å². The van der Waals surface area contributed by atoms with Crippen molar-refractivity contribution in [1.29, 1.82) is 0 Å². The molecule has 0 spiro atoms. The number of nitrogens with one attached hydrogen (secondary N) is 1. The van der Waals surface area contributed by atoms with Crippen molar-refractivity contribution in [1.82, 2.24) is 4.72 Å². The minimum Gasteiger partial charge on any atom is -0.459 e. The second kappa shape index (κ2) is 6.64. The first kappa shape index (κ1) is 18.4. The predicted octanol–water partition coefficient (Wildman–Crippen LogP) is 3.05.